The zero-order chi connectivity index (χ0) is 18.2. The van der Waals surface area contributed by atoms with Crippen LogP contribution in [0.15, 0.2) is 36.5 Å². The first-order valence-corrected chi connectivity index (χ1v) is 10.1. The molecule has 0 aliphatic heterocycles. The Kier molecular flexibility index (Phi) is 6.77. The third-order valence-electron chi connectivity index (χ3n) is 5.73. The fourth-order valence-electron chi connectivity index (χ4n) is 4.02. The summed E-state index contributed by atoms with van der Waals surface area (Å²) in [5.74, 6) is 2.60. The van der Waals surface area contributed by atoms with Gasteiger partial charge >= 0.3 is 0 Å². The molecule has 1 heterocycles. The molecule has 1 aromatic carbocycles. The van der Waals surface area contributed by atoms with E-state index in [9.17, 15) is 0 Å². The minimum absolute atomic E-state index is 0.666. The molecule has 0 saturated heterocycles. The van der Waals surface area contributed by atoms with Crippen molar-refractivity contribution in [1.82, 2.24) is 9.97 Å². The Balaban J connectivity index is 1.52. The minimum Gasteiger partial charge on any atom is -0.237 e. The zero-order valence-electron chi connectivity index (χ0n) is 15.8. The van der Waals surface area contributed by atoms with E-state index in [0.717, 1.165) is 35.3 Å². The fourth-order valence-corrected chi connectivity index (χ4v) is 4.02. The summed E-state index contributed by atoms with van der Waals surface area (Å²) < 4.78 is 0. The summed E-state index contributed by atoms with van der Waals surface area (Å²) in [5, 5.41) is 8.91. The summed E-state index contributed by atoms with van der Waals surface area (Å²) in [6.45, 7) is 2.29. The highest BCUT2D eigenvalue weighted by molar-refractivity contribution is 5.56. The predicted molar refractivity (Wildman–Crippen MR) is 105 cm³/mol. The van der Waals surface area contributed by atoms with Crippen molar-refractivity contribution in [3.63, 3.8) is 0 Å². The van der Waals surface area contributed by atoms with E-state index in [1.165, 1.54) is 51.4 Å². The number of nitriles is 1. The van der Waals surface area contributed by atoms with Crippen LogP contribution in [0.25, 0.3) is 11.4 Å². The van der Waals surface area contributed by atoms with Gasteiger partial charge in [-0.3, -0.25) is 0 Å². The molecule has 2 aromatic rings. The molecule has 1 aromatic heterocycles. The van der Waals surface area contributed by atoms with Crippen LogP contribution in [0.5, 0.6) is 0 Å². The second kappa shape index (κ2) is 9.48. The van der Waals surface area contributed by atoms with Gasteiger partial charge in [0.2, 0.25) is 0 Å². The van der Waals surface area contributed by atoms with E-state index in [4.69, 9.17) is 10.2 Å². The first-order chi connectivity index (χ1) is 12.8. The number of unbranched alkanes of at least 4 members (excludes halogenated alkanes) is 1. The van der Waals surface area contributed by atoms with Crippen LogP contribution in [0.1, 0.15) is 69.5 Å². The summed E-state index contributed by atoms with van der Waals surface area (Å²) in [5.41, 5.74) is 2.77. The summed E-state index contributed by atoms with van der Waals surface area (Å²) in [6, 6.07) is 11.7. The van der Waals surface area contributed by atoms with E-state index in [0.29, 0.717) is 5.56 Å². The Morgan fingerprint density at radius 2 is 1.69 bits per heavy atom. The Hall–Kier alpha value is -2.21. The number of hydrogen-bond donors (Lipinski definition) is 0. The highest BCUT2D eigenvalue weighted by Gasteiger charge is 2.20. The van der Waals surface area contributed by atoms with E-state index in [1.807, 2.05) is 36.5 Å². The van der Waals surface area contributed by atoms with Gasteiger partial charge in [-0.25, -0.2) is 9.97 Å². The molecular formula is C23H29N3. The van der Waals surface area contributed by atoms with Crippen LogP contribution in [0.2, 0.25) is 0 Å². The minimum atomic E-state index is 0.666. The van der Waals surface area contributed by atoms with Crippen molar-refractivity contribution in [3.05, 3.63) is 47.8 Å². The van der Waals surface area contributed by atoms with Crippen LogP contribution in [0.4, 0.5) is 0 Å². The van der Waals surface area contributed by atoms with Crippen LogP contribution >= 0.6 is 0 Å². The van der Waals surface area contributed by atoms with Gasteiger partial charge in [0.25, 0.3) is 0 Å². The highest BCUT2D eigenvalue weighted by Crippen LogP contribution is 2.34. The molecule has 1 fully saturated rings. The van der Waals surface area contributed by atoms with Crippen molar-refractivity contribution >= 4 is 0 Å². The molecule has 0 spiro atoms. The van der Waals surface area contributed by atoms with Gasteiger partial charge in [0.1, 0.15) is 0 Å². The summed E-state index contributed by atoms with van der Waals surface area (Å²) in [6.07, 6.45) is 13.9. The van der Waals surface area contributed by atoms with Gasteiger partial charge < -0.3 is 0 Å². The van der Waals surface area contributed by atoms with Crippen molar-refractivity contribution in [2.24, 2.45) is 11.8 Å². The smallest absolute Gasteiger partial charge is 0.159 e. The topological polar surface area (TPSA) is 49.6 Å². The molecule has 0 unspecified atom stereocenters. The molecule has 0 bridgehead atoms. The van der Waals surface area contributed by atoms with E-state index >= 15 is 0 Å². The lowest BCUT2D eigenvalue weighted by Gasteiger charge is -2.28. The van der Waals surface area contributed by atoms with Crippen molar-refractivity contribution in [1.29, 1.82) is 5.26 Å². The van der Waals surface area contributed by atoms with Crippen LogP contribution in [0.3, 0.4) is 0 Å². The van der Waals surface area contributed by atoms with Gasteiger partial charge in [-0.15, -0.1) is 0 Å². The normalized spacial score (nSPS) is 19.8. The van der Waals surface area contributed by atoms with Crippen LogP contribution in [-0.2, 0) is 6.42 Å². The number of nitrogens with zero attached hydrogens (tertiary/aromatic N) is 3. The first-order valence-electron chi connectivity index (χ1n) is 10.1. The maximum absolute atomic E-state index is 8.91. The first kappa shape index (κ1) is 18.6. The second-order valence-corrected chi connectivity index (χ2v) is 7.63. The molecule has 136 valence electrons. The highest BCUT2D eigenvalue weighted by atomic mass is 14.9. The van der Waals surface area contributed by atoms with Crippen molar-refractivity contribution in [2.75, 3.05) is 0 Å². The molecule has 3 rings (SSSR count). The molecule has 1 aliphatic carbocycles. The van der Waals surface area contributed by atoms with E-state index in [-0.39, 0.29) is 0 Å². The van der Waals surface area contributed by atoms with Crippen LogP contribution in [-0.4, -0.2) is 9.97 Å². The van der Waals surface area contributed by atoms with Crippen molar-refractivity contribution < 1.29 is 0 Å². The summed E-state index contributed by atoms with van der Waals surface area (Å²) in [4.78, 5) is 9.15. The Morgan fingerprint density at radius 3 is 2.35 bits per heavy atom. The number of aromatic nitrogens is 2. The lowest BCUT2D eigenvalue weighted by Crippen LogP contribution is -2.15. The SMILES string of the molecule is CCCC[C@H]1CC[C@H](CCc2ccnc(-c3ccc(C#N)cc3)n2)CC1. The zero-order valence-corrected chi connectivity index (χ0v) is 15.8. The van der Waals surface area contributed by atoms with Gasteiger partial charge in [-0.05, 0) is 55.0 Å². The molecule has 1 aliphatic rings. The maximum Gasteiger partial charge on any atom is 0.159 e. The Morgan fingerprint density at radius 1 is 1.00 bits per heavy atom. The molecule has 3 nitrogen and oxygen atoms in total. The van der Waals surface area contributed by atoms with E-state index < -0.39 is 0 Å². The molecule has 0 radical (unpaired) electrons. The standard InChI is InChI=1S/C23H29N3/c1-2-3-4-18-5-7-19(8-6-18)11-14-22-15-16-25-23(26-22)21-12-9-20(17-24)10-13-21/h9-10,12-13,15-16,18-19H,2-8,11,14H2,1H3/t18-,19-. The number of hydrogen-bond acceptors (Lipinski definition) is 3. The quantitative estimate of drug-likeness (QED) is 0.622. The van der Waals surface area contributed by atoms with Crippen molar-refractivity contribution in [2.45, 2.75) is 64.7 Å². The fraction of sp³-hybridized carbons (Fsp3) is 0.522. The lowest BCUT2D eigenvalue weighted by molar-refractivity contribution is 0.249. The van der Waals surface area contributed by atoms with Gasteiger partial charge in [0.15, 0.2) is 5.82 Å². The molecule has 3 heteroatoms. The summed E-state index contributed by atoms with van der Waals surface area (Å²) in [7, 11) is 0. The average molecular weight is 348 g/mol. The lowest BCUT2D eigenvalue weighted by atomic mass is 9.78. The van der Waals surface area contributed by atoms with Gasteiger partial charge in [0, 0.05) is 17.5 Å². The predicted octanol–water partition coefficient (Wildman–Crippen LogP) is 5.94. The van der Waals surface area contributed by atoms with Crippen LogP contribution in [0, 0.1) is 23.2 Å². The van der Waals surface area contributed by atoms with E-state index in [1.54, 1.807) is 0 Å². The second-order valence-electron chi connectivity index (χ2n) is 7.63. The molecule has 26 heavy (non-hydrogen) atoms. The molecule has 0 amide bonds. The average Bonchev–Trinajstić information content (AvgIpc) is 2.72. The number of aryl methyl sites for hydroxylation is 1. The third-order valence-corrected chi connectivity index (χ3v) is 5.73. The Bertz CT molecular complexity index is 722. The molecule has 0 N–H and O–H groups in total. The van der Waals surface area contributed by atoms with Crippen molar-refractivity contribution in [3.8, 4) is 17.5 Å². The number of rotatable bonds is 7. The van der Waals surface area contributed by atoms with E-state index in [2.05, 4.69) is 18.0 Å². The maximum atomic E-state index is 8.91. The molecule has 1 saturated carbocycles. The van der Waals surface area contributed by atoms with Crippen LogP contribution < -0.4 is 0 Å². The van der Waals surface area contributed by atoms with Gasteiger partial charge in [-0.1, -0.05) is 51.9 Å². The van der Waals surface area contributed by atoms with Gasteiger partial charge in [0.05, 0.1) is 11.6 Å². The Labute approximate surface area is 157 Å². The van der Waals surface area contributed by atoms with Gasteiger partial charge in [-0.2, -0.15) is 5.26 Å². The molecule has 0 atom stereocenters. The number of benzene rings is 1. The third kappa shape index (κ3) is 5.14. The monoisotopic (exact) mass is 347 g/mol. The molecular weight excluding hydrogens is 318 g/mol. The summed E-state index contributed by atoms with van der Waals surface area (Å²) >= 11 is 0. The largest absolute Gasteiger partial charge is 0.237 e.